The van der Waals surface area contributed by atoms with Crippen LogP contribution in [0.1, 0.15) is 25.8 Å². The number of carbonyl (C=O) groups is 1. The smallest absolute Gasteiger partial charge is 0.234 e. The quantitative estimate of drug-likeness (QED) is 0.771. The molecule has 1 rings (SSSR count). The Kier molecular flexibility index (Phi) is 5.10. The van der Waals surface area contributed by atoms with Crippen molar-refractivity contribution in [2.75, 3.05) is 0 Å². The lowest BCUT2D eigenvalue weighted by Crippen LogP contribution is -2.46. The number of amides is 1. The van der Waals surface area contributed by atoms with Crippen LogP contribution < -0.4 is 5.73 Å². The molecule has 1 amide bonds. The Morgan fingerprint density at radius 1 is 1.41 bits per heavy atom. The Morgan fingerprint density at radius 3 is 2.47 bits per heavy atom. The van der Waals surface area contributed by atoms with Gasteiger partial charge in [0.15, 0.2) is 6.30 Å². The largest absolute Gasteiger partial charge is 0.368 e. The van der Waals surface area contributed by atoms with Gasteiger partial charge in [0.2, 0.25) is 5.91 Å². The Bertz CT molecular complexity index is 356. The Morgan fingerprint density at radius 2 is 2.00 bits per heavy atom. The molecule has 94 valence electrons. The van der Waals surface area contributed by atoms with Crippen molar-refractivity contribution in [3.8, 4) is 0 Å². The second kappa shape index (κ2) is 6.35. The SMILES string of the molecule is CCC(F)N(Cc1ccccc1)C(C)C(N)=O. The van der Waals surface area contributed by atoms with E-state index in [1.807, 2.05) is 30.3 Å². The standard InChI is InChI=1S/C13H19FN2O/c1-3-12(14)16(10(2)13(15)17)9-11-7-5-4-6-8-11/h4-8,10,12H,3,9H2,1-2H3,(H2,15,17). The van der Waals surface area contributed by atoms with E-state index in [1.165, 1.54) is 4.90 Å². The number of primary amides is 1. The van der Waals surface area contributed by atoms with Gasteiger partial charge in [-0.25, -0.2) is 4.39 Å². The molecule has 2 N–H and O–H groups in total. The molecule has 0 fully saturated rings. The monoisotopic (exact) mass is 238 g/mol. The maximum atomic E-state index is 13.8. The highest BCUT2D eigenvalue weighted by Gasteiger charge is 2.25. The molecule has 0 bridgehead atoms. The summed E-state index contributed by atoms with van der Waals surface area (Å²) in [5.41, 5.74) is 6.20. The van der Waals surface area contributed by atoms with Crippen LogP contribution >= 0.6 is 0 Å². The van der Waals surface area contributed by atoms with Crippen molar-refractivity contribution in [1.82, 2.24) is 4.90 Å². The number of hydrogen-bond acceptors (Lipinski definition) is 2. The molecule has 3 nitrogen and oxygen atoms in total. The summed E-state index contributed by atoms with van der Waals surface area (Å²) in [4.78, 5) is 12.6. The summed E-state index contributed by atoms with van der Waals surface area (Å²) in [6.07, 6.45) is -0.817. The second-order valence-electron chi connectivity index (χ2n) is 4.08. The maximum Gasteiger partial charge on any atom is 0.234 e. The molecule has 0 heterocycles. The molecule has 0 spiro atoms. The van der Waals surface area contributed by atoms with Crippen molar-refractivity contribution >= 4 is 5.91 Å². The number of halogens is 1. The van der Waals surface area contributed by atoms with Gasteiger partial charge in [-0.15, -0.1) is 0 Å². The predicted octanol–water partition coefficient (Wildman–Crippen LogP) is 2.07. The molecule has 4 heteroatoms. The number of carbonyl (C=O) groups excluding carboxylic acids is 1. The Balaban J connectivity index is 2.81. The summed E-state index contributed by atoms with van der Waals surface area (Å²) in [6, 6.07) is 8.89. The van der Waals surface area contributed by atoms with Gasteiger partial charge in [-0.1, -0.05) is 37.3 Å². The number of rotatable bonds is 6. The first-order valence-electron chi connectivity index (χ1n) is 5.79. The average molecular weight is 238 g/mol. The highest BCUT2D eigenvalue weighted by atomic mass is 19.1. The van der Waals surface area contributed by atoms with E-state index in [1.54, 1.807) is 13.8 Å². The number of nitrogens with two attached hydrogens (primary N) is 1. The van der Waals surface area contributed by atoms with Crippen LogP contribution in [-0.2, 0) is 11.3 Å². The van der Waals surface area contributed by atoms with E-state index in [-0.39, 0.29) is 0 Å². The van der Waals surface area contributed by atoms with Crippen LogP contribution in [0.25, 0.3) is 0 Å². The van der Waals surface area contributed by atoms with Crippen LogP contribution in [0.3, 0.4) is 0 Å². The number of alkyl halides is 1. The Labute approximate surface area is 101 Å². The third kappa shape index (κ3) is 3.82. The second-order valence-corrected chi connectivity index (χ2v) is 4.08. The molecule has 0 aliphatic heterocycles. The van der Waals surface area contributed by atoms with E-state index in [4.69, 9.17) is 5.73 Å². The zero-order valence-electron chi connectivity index (χ0n) is 10.3. The molecule has 0 saturated carbocycles. The topological polar surface area (TPSA) is 46.3 Å². The van der Waals surface area contributed by atoms with Crippen molar-refractivity contribution in [2.45, 2.75) is 39.2 Å². The van der Waals surface area contributed by atoms with Gasteiger partial charge >= 0.3 is 0 Å². The van der Waals surface area contributed by atoms with Crippen molar-refractivity contribution in [2.24, 2.45) is 5.73 Å². The van der Waals surface area contributed by atoms with Crippen molar-refractivity contribution in [3.05, 3.63) is 35.9 Å². The van der Waals surface area contributed by atoms with E-state index in [9.17, 15) is 9.18 Å². The van der Waals surface area contributed by atoms with Gasteiger partial charge in [-0.2, -0.15) is 0 Å². The molecule has 0 saturated heterocycles. The molecule has 2 atom stereocenters. The molecule has 2 unspecified atom stereocenters. The lowest BCUT2D eigenvalue weighted by Gasteiger charge is -2.29. The Hall–Kier alpha value is -1.42. The minimum atomic E-state index is -1.15. The van der Waals surface area contributed by atoms with Gasteiger partial charge in [-0.05, 0) is 18.9 Å². The fraction of sp³-hybridized carbons (Fsp3) is 0.462. The van der Waals surface area contributed by atoms with Crippen LogP contribution in [0.15, 0.2) is 30.3 Å². The molecule has 1 aromatic carbocycles. The lowest BCUT2D eigenvalue weighted by atomic mass is 10.1. The van der Waals surface area contributed by atoms with Gasteiger partial charge in [0, 0.05) is 6.54 Å². The summed E-state index contributed by atoms with van der Waals surface area (Å²) in [5.74, 6) is -0.503. The molecule has 0 aliphatic rings. The van der Waals surface area contributed by atoms with Crippen LogP contribution in [-0.4, -0.2) is 23.1 Å². The normalized spacial score (nSPS) is 14.6. The van der Waals surface area contributed by atoms with Gasteiger partial charge in [-0.3, -0.25) is 9.69 Å². The molecule has 1 aromatic rings. The molecular weight excluding hydrogens is 219 g/mol. The fourth-order valence-electron chi connectivity index (χ4n) is 1.67. The minimum absolute atomic E-state index is 0.338. The van der Waals surface area contributed by atoms with E-state index >= 15 is 0 Å². The predicted molar refractivity (Wildman–Crippen MR) is 65.8 cm³/mol. The van der Waals surface area contributed by atoms with Crippen molar-refractivity contribution in [3.63, 3.8) is 0 Å². The highest BCUT2D eigenvalue weighted by Crippen LogP contribution is 2.15. The number of hydrogen-bond donors (Lipinski definition) is 1. The highest BCUT2D eigenvalue weighted by molar-refractivity contribution is 5.79. The lowest BCUT2D eigenvalue weighted by molar-refractivity contribution is -0.125. The number of nitrogens with zero attached hydrogens (tertiary/aromatic N) is 1. The van der Waals surface area contributed by atoms with E-state index in [2.05, 4.69) is 0 Å². The first kappa shape index (κ1) is 13.6. The third-order valence-electron chi connectivity index (χ3n) is 2.81. The fourth-order valence-corrected chi connectivity index (χ4v) is 1.67. The van der Waals surface area contributed by atoms with E-state index < -0.39 is 18.2 Å². The summed E-state index contributed by atoms with van der Waals surface area (Å²) in [5, 5.41) is 0. The number of benzene rings is 1. The summed E-state index contributed by atoms with van der Waals surface area (Å²) >= 11 is 0. The zero-order chi connectivity index (χ0) is 12.8. The van der Waals surface area contributed by atoms with Crippen LogP contribution in [0.5, 0.6) is 0 Å². The van der Waals surface area contributed by atoms with Crippen molar-refractivity contribution in [1.29, 1.82) is 0 Å². The molecular formula is C13H19FN2O. The van der Waals surface area contributed by atoms with E-state index in [0.717, 1.165) is 5.56 Å². The van der Waals surface area contributed by atoms with Crippen LogP contribution in [0.2, 0.25) is 0 Å². The third-order valence-corrected chi connectivity index (χ3v) is 2.81. The average Bonchev–Trinajstić information content (AvgIpc) is 2.35. The van der Waals surface area contributed by atoms with Gasteiger partial charge < -0.3 is 5.73 Å². The van der Waals surface area contributed by atoms with Crippen LogP contribution in [0, 0.1) is 0 Å². The minimum Gasteiger partial charge on any atom is -0.368 e. The van der Waals surface area contributed by atoms with Gasteiger partial charge in [0.25, 0.3) is 0 Å². The summed E-state index contributed by atoms with van der Waals surface area (Å²) in [6.45, 7) is 3.77. The molecule has 0 radical (unpaired) electrons. The first-order chi connectivity index (χ1) is 8.06. The van der Waals surface area contributed by atoms with Crippen molar-refractivity contribution < 1.29 is 9.18 Å². The molecule has 0 aromatic heterocycles. The maximum absolute atomic E-state index is 13.8. The summed E-state index contributed by atoms with van der Waals surface area (Å²) in [7, 11) is 0. The zero-order valence-corrected chi connectivity index (χ0v) is 10.3. The van der Waals surface area contributed by atoms with Gasteiger partial charge in [0.1, 0.15) is 0 Å². The first-order valence-corrected chi connectivity index (χ1v) is 5.79. The molecule has 0 aliphatic carbocycles. The van der Waals surface area contributed by atoms with Gasteiger partial charge in [0.05, 0.1) is 6.04 Å². The van der Waals surface area contributed by atoms with Crippen LogP contribution in [0.4, 0.5) is 4.39 Å². The summed E-state index contributed by atoms with van der Waals surface area (Å²) < 4.78 is 13.8. The molecule has 17 heavy (non-hydrogen) atoms. The van der Waals surface area contributed by atoms with E-state index in [0.29, 0.717) is 13.0 Å².